The summed E-state index contributed by atoms with van der Waals surface area (Å²) in [6, 6.07) is 2.28. The van der Waals surface area contributed by atoms with Crippen molar-refractivity contribution in [2.24, 2.45) is 0 Å². The molecule has 2 aliphatic carbocycles. The zero-order valence-corrected chi connectivity index (χ0v) is 13.3. The van der Waals surface area contributed by atoms with Crippen LogP contribution in [0.1, 0.15) is 42.0 Å². The Kier molecular flexibility index (Phi) is 4.96. The summed E-state index contributed by atoms with van der Waals surface area (Å²) in [7, 11) is 0. The Hall–Kier alpha value is -1.75. The number of halogens is 1. The molecule has 3 rings (SSSR count). The van der Waals surface area contributed by atoms with Crippen LogP contribution in [0.3, 0.4) is 0 Å². The predicted octanol–water partition coefficient (Wildman–Crippen LogP) is 3.11. The molecule has 120 valence electrons. The summed E-state index contributed by atoms with van der Waals surface area (Å²) < 4.78 is 4.89. The first kappa shape index (κ1) is 16.6. The SMILES string of the molecule is CC(OC(=O)Nc1c2c(cc3c1CCC3)CCC2)C(=O)O.Cl. The molecule has 0 saturated heterocycles. The standard InChI is InChI=1S/C16H19NO4.ClH/c1-9(15(18)19)21-16(20)17-14-12-6-2-4-10(12)8-11-5-3-7-13(11)14;/h8-9H,2-7H2,1H3,(H,17,20)(H,18,19);1H. The van der Waals surface area contributed by atoms with Gasteiger partial charge in [-0.3, -0.25) is 5.32 Å². The number of carbonyl (C=O) groups excluding carboxylic acids is 1. The lowest BCUT2D eigenvalue weighted by molar-refractivity contribution is -0.145. The van der Waals surface area contributed by atoms with Gasteiger partial charge in [-0.25, -0.2) is 9.59 Å². The van der Waals surface area contributed by atoms with Crippen LogP contribution in [0.2, 0.25) is 0 Å². The molecule has 22 heavy (non-hydrogen) atoms. The topological polar surface area (TPSA) is 75.6 Å². The van der Waals surface area contributed by atoms with E-state index in [0.29, 0.717) is 0 Å². The Morgan fingerprint density at radius 2 is 1.68 bits per heavy atom. The van der Waals surface area contributed by atoms with E-state index in [-0.39, 0.29) is 12.4 Å². The van der Waals surface area contributed by atoms with Crippen molar-refractivity contribution in [2.75, 3.05) is 5.32 Å². The molecule has 0 fully saturated rings. The average Bonchev–Trinajstić information content (AvgIpc) is 3.06. The summed E-state index contributed by atoms with van der Waals surface area (Å²) in [5.74, 6) is -1.14. The number of hydrogen-bond donors (Lipinski definition) is 2. The van der Waals surface area contributed by atoms with Crippen molar-refractivity contribution in [3.05, 3.63) is 28.3 Å². The van der Waals surface area contributed by atoms with Gasteiger partial charge in [0.25, 0.3) is 0 Å². The maximum Gasteiger partial charge on any atom is 0.412 e. The van der Waals surface area contributed by atoms with E-state index in [4.69, 9.17) is 9.84 Å². The summed E-state index contributed by atoms with van der Waals surface area (Å²) in [4.78, 5) is 22.7. The minimum absolute atomic E-state index is 0. The molecule has 1 amide bonds. The van der Waals surface area contributed by atoms with Gasteiger partial charge in [0, 0.05) is 0 Å². The third-order valence-electron chi connectivity index (χ3n) is 4.33. The van der Waals surface area contributed by atoms with E-state index < -0.39 is 18.2 Å². The number of carbonyl (C=O) groups is 2. The van der Waals surface area contributed by atoms with Gasteiger partial charge in [0.1, 0.15) is 0 Å². The second kappa shape index (κ2) is 6.57. The molecule has 0 aliphatic heterocycles. The second-order valence-electron chi connectivity index (χ2n) is 5.74. The zero-order chi connectivity index (χ0) is 15.0. The normalized spacial score (nSPS) is 16.2. The first-order valence-corrected chi connectivity index (χ1v) is 7.43. The maximum absolute atomic E-state index is 11.9. The molecule has 1 aromatic carbocycles. The molecule has 0 aromatic heterocycles. The predicted molar refractivity (Wildman–Crippen MR) is 84.9 cm³/mol. The van der Waals surface area contributed by atoms with Gasteiger partial charge in [0.2, 0.25) is 0 Å². The number of amides is 1. The number of hydrogen-bond acceptors (Lipinski definition) is 3. The number of carboxylic acids is 1. The molecule has 1 atom stereocenters. The highest BCUT2D eigenvalue weighted by Crippen LogP contribution is 2.38. The number of aliphatic carboxylic acids is 1. The molecule has 2 N–H and O–H groups in total. The van der Waals surface area contributed by atoms with E-state index in [2.05, 4.69) is 11.4 Å². The number of aryl methyl sites for hydroxylation is 2. The fraction of sp³-hybridized carbons (Fsp3) is 0.500. The fourth-order valence-corrected chi connectivity index (χ4v) is 3.31. The fourth-order valence-electron chi connectivity index (χ4n) is 3.31. The largest absolute Gasteiger partial charge is 0.479 e. The first-order chi connectivity index (χ1) is 10.1. The number of ether oxygens (including phenoxy) is 1. The van der Waals surface area contributed by atoms with Crippen molar-refractivity contribution in [3.8, 4) is 0 Å². The lowest BCUT2D eigenvalue weighted by Crippen LogP contribution is -2.27. The molecule has 1 unspecified atom stereocenters. The Balaban J connectivity index is 0.00000176. The van der Waals surface area contributed by atoms with E-state index in [1.807, 2.05) is 0 Å². The van der Waals surface area contributed by atoms with Crippen LogP contribution in [0.4, 0.5) is 10.5 Å². The van der Waals surface area contributed by atoms with Gasteiger partial charge < -0.3 is 9.84 Å². The van der Waals surface area contributed by atoms with Crippen molar-refractivity contribution in [3.63, 3.8) is 0 Å². The Morgan fingerprint density at radius 1 is 1.14 bits per heavy atom. The van der Waals surface area contributed by atoms with Gasteiger partial charge in [0.05, 0.1) is 5.69 Å². The van der Waals surface area contributed by atoms with E-state index in [9.17, 15) is 9.59 Å². The van der Waals surface area contributed by atoms with Gasteiger partial charge in [-0.05, 0) is 67.7 Å². The summed E-state index contributed by atoms with van der Waals surface area (Å²) >= 11 is 0. The Labute approximate surface area is 135 Å². The molecule has 6 heteroatoms. The minimum Gasteiger partial charge on any atom is -0.479 e. The van der Waals surface area contributed by atoms with E-state index in [0.717, 1.165) is 44.2 Å². The molecule has 0 radical (unpaired) electrons. The summed E-state index contributed by atoms with van der Waals surface area (Å²) in [6.45, 7) is 1.35. The molecular weight excluding hydrogens is 306 g/mol. The van der Waals surface area contributed by atoms with Crippen molar-refractivity contribution in [1.82, 2.24) is 0 Å². The molecule has 0 spiro atoms. The summed E-state index contributed by atoms with van der Waals surface area (Å²) in [6.07, 6.45) is 4.42. The number of rotatable bonds is 3. The maximum atomic E-state index is 11.9. The van der Waals surface area contributed by atoms with Crippen molar-refractivity contribution in [1.29, 1.82) is 0 Å². The zero-order valence-electron chi connectivity index (χ0n) is 12.5. The Bertz CT molecular complexity index is 582. The van der Waals surface area contributed by atoms with Gasteiger partial charge in [-0.15, -0.1) is 12.4 Å². The molecule has 2 aliphatic rings. The molecule has 0 heterocycles. The van der Waals surface area contributed by atoms with Crippen LogP contribution in [0.25, 0.3) is 0 Å². The first-order valence-electron chi connectivity index (χ1n) is 7.43. The quantitative estimate of drug-likeness (QED) is 0.895. The van der Waals surface area contributed by atoms with Gasteiger partial charge in [-0.1, -0.05) is 6.07 Å². The monoisotopic (exact) mass is 325 g/mol. The minimum atomic E-state index is -1.14. The van der Waals surface area contributed by atoms with Crippen LogP contribution in [0.15, 0.2) is 6.07 Å². The van der Waals surface area contributed by atoms with Crippen molar-refractivity contribution < 1.29 is 19.4 Å². The van der Waals surface area contributed by atoms with E-state index in [1.165, 1.54) is 29.2 Å². The second-order valence-corrected chi connectivity index (χ2v) is 5.74. The number of anilines is 1. The Morgan fingerprint density at radius 3 is 2.18 bits per heavy atom. The van der Waals surface area contributed by atoms with Crippen LogP contribution in [-0.2, 0) is 35.2 Å². The molecule has 1 aromatic rings. The van der Waals surface area contributed by atoms with Crippen LogP contribution in [0, 0.1) is 0 Å². The highest BCUT2D eigenvalue weighted by Gasteiger charge is 2.26. The smallest absolute Gasteiger partial charge is 0.412 e. The van der Waals surface area contributed by atoms with Crippen LogP contribution in [-0.4, -0.2) is 23.3 Å². The van der Waals surface area contributed by atoms with Gasteiger partial charge in [0.15, 0.2) is 6.10 Å². The highest BCUT2D eigenvalue weighted by molar-refractivity contribution is 5.89. The third kappa shape index (κ3) is 3.04. The number of carboxylic acid groups (broad SMARTS) is 1. The van der Waals surface area contributed by atoms with E-state index >= 15 is 0 Å². The molecular formula is C16H20ClNO4. The average molecular weight is 326 g/mol. The third-order valence-corrected chi connectivity index (χ3v) is 4.33. The van der Waals surface area contributed by atoms with Crippen LogP contribution in [0.5, 0.6) is 0 Å². The molecule has 0 bridgehead atoms. The molecule has 0 saturated carbocycles. The number of benzene rings is 1. The summed E-state index contributed by atoms with van der Waals surface area (Å²) in [5.41, 5.74) is 5.92. The van der Waals surface area contributed by atoms with Crippen molar-refractivity contribution >= 4 is 30.2 Å². The van der Waals surface area contributed by atoms with Crippen LogP contribution < -0.4 is 5.32 Å². The van der Waals surface area contributed by atoms with E-state index in [1.54, 1.807) is 0 Å². The number of nitrogens with one attached hydrogen (secondary N) is 1. The van der Waals surface area contributed by atoms with Gasteiger partial charge in [-0.2, -0.15) is 0 Å². The highest BCUT2D eigenvalue weighted by atomic mass is 35.5. The lowest BCUT2D eigenvalue weighted by atomic mass is 9.99. The van der Waals surface area contributed by atoms with Crippen LogP contribution >= 0.6 is 12.4 Å². The lowest BCUT2D eigenvalue weighted by Gasteiger charge is -2.17. The summed E-state index contributed by atoms with van der Waals surface area (Å²) in [5, 5.41) is 11.6. The molecule has 5 nitrogen and oxygen atoms in total. The van der Waals surface area contributed by atoms with Gasteiger partial charge >= 0.3 is 12.1 Å². The number of fused-ring (bicyclic) bond motifs is 2. The van der Waals surface area contributed by atoms with Crippen molar-refractivity contribution in [2.45, 2.75) is 51.6 Å².